The normalized spacial score (nSPS) is 14.0. The maximum absolute atomic E-state index is 15.2. The van der Waals surface area contributed by atoms with E-state index in [0.29, 0.717) is 36.0 Å². The lowest BCUT2D eigenvalue weighted by molar-refractivity contribution is -0.123. The van der Waals surface area contributed by atoms with Crippen LogP contribution < -0.4 is 20.4 Å². The summed E-state index contributed by atoms with van der Waals surface area (Å²) in [5.74, 6) is 1.05. The second-order valence-electron chi connectivity index (χ2n) is 9.87. The number of carbonyl (C=O) groups excluding carboxylic acids is 1. The van der Waals surface area contributed by atoms with Crippen LogP contribution in [0.2, 0.25) is 0 Å². The van der Waals surface area contributed by atoms with Crippen LogP contribution in [-0.2, 0) is 4.79 Å². The topological polar surface area (TPSA) is 73.6 Å². The van der Waals surface area contributed by atoms with E-state index in [1.807, 2.05) is 55.1 Å². The fourth-order valence-corrected chi connectivity index (χ4v) is 5.17. The van der Waals surface area contributed by atoms with Gasteiger partial charge in [0, 0.05) is 36.4 Å². The maximum Gasteiger partial charge on any atom is 0.230 e. The number of hydrogen-bond acceptors (Lipinski definition) is 6. The Morgan fingerprint density at radius 2 is 1.82 bits per heavy atom. The number of amides is 1. The molecule has 0 atom stereocenters. The van der Waals surface area contributed by atoms with E-state index < -0.39 is 0 Å². The van der Waals surface area contributed by atoms with E-state index in [2.05, 4.69) is 41.1 Å². The van der Waals surface area contributed by atoms with Crippen molar-refractivity contribution in [2.45, 2.75) is 59.4 Å². The van der Waals surface area contributed by atoms with Gasteiger partial charge in [-0.1, -0.05) is 43.8 Å². The Bertz CT molecular complexity index is 1230. The highest BCUT2D eigenvalue weighted by Crippen LogP contribution is 2.31. The molecule has 0 bridgehead atoms. The molecule has 1 aliphatic rings. The van der Waals surface area contributed by atoms with Crippen LogP contribution in [0.1, 0.15) is 51.0 Å². The third-order valence-corrected chi connectivity index (χ3v) is 7.33. The molecule has 0 saturated carbocycles. The molecule has 3 aromatic rings. The monoisotopic (exact) mass is 519 g/mol. The molecular weight excluding hydrogens is 481 g/mol. The van der Waals surface area contributed by atoms with Crippen molar-refractivity contribution in [2.75, 3.05) is 33.5 Å². The van der Waals surface area contributed by atoms with Crippen molar-refractivity contribution >= 4 is 28.7 Å². The fourth-order valence-electron chi connectivity index (χ4n) is 5.17. The van der Waals surface area contributed by atoms with E-state index >= 15 is 4.39 Å². The minimum atomic E-state index is -0.299. The first kappa shape index (κ1) is 27.2. The number of benzene rings is 2. The van der Waals surface area contributed by atoms with E-state index in [4.69, 9.17) is 4.52 Å². The summed E-state index contributed by atoms with van der Waals surface area (Å²) in [5, 5.41) is 10.2. The van der Waals surface area contributed by atoms with Gasteiger partial charge in [-0.25, -0.2) is 4.39 Å². The standard InChI is InChI=1S/C30H38FN5O2/c1-6-23(7-2)30(37)36(25-11-9-8-10-12-25)26-15-17-35(18-16-26)28-14-13-24(19-27(28)31)32-22(5)33-29-20(3)34-38-21(29)4/h8-14,19,23,26,32-33H,5-7,15-18H2,1-4H3. The van der Waals surface area contributed by atoms with Crippen molar-refractivity contribution < 1.29 is 13.7 Å². The van der Waals surface area contributed by atoms with Crippen LogP contribution in [0, 0.1) is 25.6 Å². The summed E-state index contributed by atoms with van der Waals surface area (Å²) in [6.45, 7) is 13.1. The molecule has 2 aromatic carbocycles. The predicted octanol–water partition coefficient (Wildman–Crippen LogP) is 6.86. The molecule has 0 aliphatic carbocycles. The second-order valence-corrected chi connectivity index (χ2v) is 9.87. The highest BCUT2D eigenvalue weighted by Gasteiger charge is 2.32. The average molecular weight is 520 g/mol. The Morgan fingerprint density at radius 3 is 2.39 bits per heavy atom. The molecule has 4 rings (SSSR count). The molecule has 1 fully saturated rings. The van der Waals surface area contributed by atoms with Crippen LogP contribution in [0.3, 0.4) is 0 Å². The molecule has 0 unspecified atom stereocenters. The Balaban J connectivity index is 1.41. The lowest BCUT2D eigenvalue weighted by atomic mass is 9.96. The molecule has 38 heavy (non-hydrogen) atoms. The van der Waals surface area contributed by atoms with Gasteiger partial charge in [-0.05, 0) is 69.9 Å². The van der Waals surface area contributed by atoms with Crippen LogP contribution in [0.4, 0.5) is 27.1 Å². The molecule has 2 N–H and O–H groups in total. The van der Waals surface area contributed by atoms with Gasteiger partial charge in [0.2, 0.25) is 5.91 Å². The summed E-state index contributed by atoms with van der Waals surface area (Å²) in [4.78, 5) is 17.6. The number of nitrogens with zero attached hydrogens (tertiary/aromatic N) is 3. The molecule has 1 saturated heterocycles. The number of nitrogens with one attached hydrogen (secondary N) is 2. The zero-order valence-electron chi connectivity index (χ0n) is 22.8. The lowest BCUT2D eigenvalue weighted by Crippen LogP contribution is -2.49. The quantitative estimate of drug-likeness (QED) is 0.305. The van der Waals surface area contributed by atoms with Gasteiger partial charge in [-0.2, -0.15) is 0 Å². The molecule has 1 aliphatic heterocycles. The maximum atomic E-state index is 15.2. The van der Waals surface area contributed by atoms with Gasteiger partial charge in [0.15, 0.2) is 5.76 Å². The highest BCUT2D eigenvalue weighted by molar-refractivity contribution is 5.95. The van der Waals surface area contributed by atoms with Crippen molar-refractivity contribution in [3.05, 3.63) is 78.2 Å². The first-order valence-electron chi connectivity index (χ1n) is 13.4. The van der Waals surface area contributed by atoms with Crippen molar-refractivity contribution in [3.63, 3.8) is 0 Å². The zero-order valence-corrected chi connectivity index (χ0v) is 22.8. The van der Waals surface area contributed by atoms with Crippen LogP contribution in [-0.4, -0.2) is 30.2 Å². The molecule has 0 radical (unpaired) electrons. The van der Waals surface area contributed by atoms with Crippen LogP contribution in [0.5, 0.6) is 0 Å². The third kappa shape index (κ3) is 6.01. The zero-order chi connectivity index (χ0) is 27.2. The second kappa shape index (κ2) is 12.2. The fraction of sp³-hybridized carbons (Fsp3) is 0.400. The summed E-state index contributed by atoms with van der Waals surface area (Å²) in [7, 11) is 0. The first-order valence-corrected chi connectivity index (χ1v) is 13.4. The molecule has 1 amide bonds. The van der Waals surface area contributed by atoms with E-state index in [9.17, 15) is 4.79 Å². The van der Waals surface area contributed by atoms with Gasteiger partial charge < -0.3 is 25.0 Å². The van der Waals surface area contributed by atoms with Crippen molar-refractivity contribution in [1.82, 2.24) is 5.16 Å². The largest absolute Gasteiger partial charge is 0.369 e. The molecule has 1 aromatic heterocycles. The number of rotatable bonds is 10. The summed E-state index contributed by atoms with van der Waals surface area (Å²) in [6.07, 6.45) is 3.20. The lowest BCUT2D eigenvalue weighted by Gasteiger charge is -2.40. The van der Waals surface area contributed by atoms with Crippen LogP contribution in [0.25, 0.3) is 0 Å². The molecule has 202 valence electrons. The summed E-state index contributed by atoms with van der Waals surface area (Å²) >= 11 is 0. The van der Waals surface area contributed by atoms with Gasteiger partial charge in [0.05, 0.1) is 5.69 Å². The predicted molar refractivity (Wildman–Crippen MR) is 152 cm³/mol. The highest BCUT2D eigenvalue weighted by atomic mass is 19.1. The van der Waals surface area contributed by atoms with Crippen molar-refractivity contribution in [3.8, 4) is 0 Å². The number of para-hydroxylation sites is 1. The Labute approximate surface area is 224 Å². The van der Waals surface area contributed by atoms with E-state index in [-0.39, 0.29) is 23.7 Å². The average Bonchev–Trinajstić information content (AvgIpc) is 3.23. The number of aryl methyl sites for hydroxylation is 2. The van der Waals surface area contributed by atoms with Gasteiger partial charge in [0.1, 0.15) is 23.0 Å². The number of halogens is 1. The number of anilines is 4. The molecule has 0 spiro atoms. The van der Waals surface area contributed by atoms with Crippen LogP contribution >= 0.6 is 0 Å². The first-order chi connectivity index (χ1) is 18.3. The van der Waals surface area contributed by atoms with Crippen molar-refractivity contribution in [1.29, 1.82) is 0 Å². The minimum absolute atomic E-state index is 0.00701. The summed E-state index contributed by atoms with van der Waals surface area (Å²) in [5.41, 5.74) is 3.57. The van der Waals surface area contributed by atoms with Gasteiger partial charge in [-0.3, -0.25) is 4.79 Å². The number of piperidine rings is 1. The van der Waals surface area contributed by atoms with Crippen LogP contribution in [0.15, 0.2) is 65.5 Å². The van der Waals surface area contributed by atoms with E-state index in [0.717, 1.165) is 42.8 Å². The number of carbonyl (C=O) groups is 1. The van der Waals surface area contributed by atoms with Crippen molar-refractivity contribution in [2.24, 2.45) is 5.92 Å². The minimum Gasteiger partial charge on any atom is -0.369 e. The van der Waals surface area contributed by atoms with Gasteiger partial charge in [0.25, 0.3) is 0 Å². The molecule has 8 heteroatoms. The number of hydrogen-bond donors (Lipinski definition) is 2. The Kier molecular flexibility index (Phi) is 8.71. The summed E-state index contributed by atoms with van der Waals surface area (Å²) < 4.78 is 20.4. The van der Waals surface area contributed by atoms with Gasteiger partial charge >= 0.3 is 0 Å². The van der Waals surface area contributed by atoms with E-state index in [1.54, 1.807) is 6.07 Å². The summed E-state index contributed by atoms with van der Waals surface area (Å²) in [6, 6.07) is 15.1. The molecule has 2 heterocycles. The van der Waals surface area contributed by atoms with E-state index in [1.165, 1.54) is 6.07 Å². The van der Waals surface area contributed by atoms with Gasteiger partial charge in [-0.15, -0.1) is 0 Å². The smallest absolute Gasteiger partial charge is 0.230 e. The molecule has 7 nitrogen and oxygen atoms in total. The SMILES string of the molecule is C=C(Nc1ccc(N2CCC(N(C(=O)C(CC)CC)c3ccccc3)CC2)c(F)c1)Nc1c(C)noc1C. The Morgan fingerprint density at radius 1 is 1.13 bits per heavy atom. The third-order valence-electron chi connectivity index (χ3n) is 7.33. The molecular formula is C30H38FN5O2. The number of aromatic nitrogens is 1. The Hall–Kier alpha value is -3.81.